The van der Waals surface area contributed by atoms with Crippen molar-refractivity contribution in [2.45, 2.75) is 30.7 Å². The van der Waals surface area contributed by atoms with Crippen molar-refractivity contribution in [1.82, 2.24) is 0 Å². The van der Waals surface area contributed by atoms with Gasteiger partial charge in [0.25, 0.3) is 0 Å². The summed E-state index contributed by atoms with van der Waals surface area (Å²) < 4.78 is 12.7. The van der Waals surface area contributed by atoms with Crippen LogP contribution in [0.3, 0.4) is 0 Å². The molecule has 2 fully saturated rings. The van der Waals surface area contributed by atoms with Crippen LogP contribution in [0, 0.1) is 11.7 Å². The van der Waals surface area contributed by atoms with Crippen molar-refractivity contribution in [2.75, 3.05) is 0 Å². The van der Waals surface area contributed by atoms with Gasteiger partial charge in [-0.15, -0.1) is 0 Å². The van der Waals surface area contributed by atoms with Crippen molar-refractivity contribution >= 4 is 0 Å². The van der Waals surface area contributed by atoms with Crippen LogP contribution in [0.5, 0.6) is 0 Å². The SMILES string of the molecule is NC1(C2CC2)CC1c1ccc(F)cc1. The monoisotopic (exact) mass is 191 g/mol. The number of nitrogens with two attached hydrogens (primary N) is 1. The van der Waals surface area contributed by atoms with Gasteiger partial charge in [-0.3, -0.25) is 0 Å². The molecule has 0 bridgehead atoms. The highest BCUT2D eigenvalue weighted by Crippen LogP contribution is 2.60. The zero-order valence-corrected chi connectivity index (χ0v) is 8.04. The van der Waals surface area contributed by atoms with E-state index in [2.05, 4.69) is 0 Å². The Hall–Kier alpha value is -0.890. The molecule has 0 radical (unpaired) electrons. The molecule has 0 spiro atoms. The van der Waals surface area contributed by atoms with Gasteiger partial charge in [0.2, 0.25) is 0 Å². The second-order valence-corrected chi connectivity index (χ2v) is 4.69. The second-order valence-electron chi connectivity index (χ2n) is 4.69. The molecule has 2 heteroatoms. The quantitative estimate of drug-likeness (QED) is 0.763. The average Bonchev–Trinajstić information content (AvgIpc) is 2.99. The van der Waals surface area contributed by atoms with E-state index < -0.39 is 0 Å². The van der Waals surface area contributed by atoms with Gasteiger partial charge in [-0.1, -0.05) is 12.1 Å². The van der Waals surface area contributed by atoms with Crippen LogP contribution in [0.25, 0.3) is 0 Å². The fraction of sp³-hybridized carbons (Fsp3) is 0.500. The van der Waals surface area contributed by atoms with Gasteiger partial charge in [-0.2, -0.15) is 0 Å². The van der Waals surface area contributed by atoms with Crippen LogP contribution < -0.4 is 5.73 Å². The molecule has 0 aliphatic heterocycles. The molecule has 2 N–H and O–H groups in total. The van der Waals surface area contributed by atoms with Crippen molar-refractivity contribution in [3.05, 3.63) is 35.6 Å². The molecule has 14 heavy (non-hydrogen) atoms. The summed E-state index contributed by atoms with van der Waals surface area (Å²) in [5, 5.41) is 0. The minimum absolute atomic E-state index is 0.0534. The fourth-order valence-corrected chi connectivity index (χ4v) is 2.49. The van der Waals surface area contributed by atoms with Crippen molar-refractivity contribution in [3.63, 3.8) is 0 Å². The normalized spacial score (nSPS) is 35.7. The van der Waals surface area contributed by atoms with Crippen LogP contribution in [0.1, 0.15) is 30.7 Å². The van der Waals surface area contributed by atoms with Gasteiger partial charge in [-0.05, 0) is 42.9 Å². The zero-order valence-electron chi connectivity index (χ0n) is 8.04. The Labute approximate surface area is 83.1 Å². The van der Waals surface area contributed by atoms with Gasteiger partial charge in [0.05, 0.1) is 0 Å². The highest BCUT2D eigenvalue weighted by Gasteiger charge is 2.59. The number of halogens is 1. The molecule has 1 aromatic carbocycles. The van der Waals surface area contributed by atoms with E-state index in [0.717, 1.165) is 12.3 Å². The topological polar surface area (TPSA) is 26.0 Å². The first-order valence-electron chi connectivity index (χ1n) is 5.24. The first-order chi connectivity index (χ1) is 6.70. The molecule has 0 aromatic heterocycles. The number of benzene rings is 1. The Morgan fingerprint density at radius 3 is 2.43 bits per heavy atom. The number of hydrogen-bond donors (Lipinski definition) is 1. The Balaban J connectivity index is 1.82. The van der Waals surface area contributed by atoms with Crippen LogP contribution in [0.2, 0.25) is 0 Å². The van der Waals surface area contributed by atoms with Crippen LogP contribution in [-0.4, -0.2) is 5.54 Å². The molecule has 2 aliphatic carbocycles. The lowest BCUT2D eigenvalue weighted by molar-refractivity contribution is 0.566. The van der Waals surface area contributed by atoms with E-state index in [1.165, 1.54) is 30.5 Å². The van der Waals surface area contributed by atoms with Crippen LogP contribution >= 0.6 is 0 Å². The lowest BCUT2D eigenvalue weighted by Crippen LogP contribution is -2.26. The van der Waals surface area contributed by atoms with E-state index in [0.29, 0.717) is 5.92 Å². The third-order valence-electron chi connectivity index (χ3n) is 3.66. The Kier molecular flexibility index (Phi) is 1.55. The molecular formula is C12H14FN. The van der Waals surface area contributed by atoms with E-state index in [1.54, 1.807) is 0 Å². The molecule has 1 nitrogen and oxygen atoms in total. The summed E-state index contributed by atoms with van der Waals surface area (Å²) in [5.41, 5.74) is 7.53. The van der Waals surface area contributed by atoms with E-state index in [9.17, 15) is 4.39 Å². The first kappa shape index (κ1) is 8.42. The summed E-state index contributed by atoms with van der Waals surface area (Å²) >= 11 is 0. The maximum Gasteiger partial charge on any atom is 0.123 e. The third kappa shape index (κ3) is 1.17. The van der Waals surface area contributed by atoms with Gasteiger partial charge < -0.3 is 5.73 Å². The smallest absolute Gasteiger partial charge is 0.123 e. The number of rotatable bonds is 2. The van der Waals surface area contributed by atoms with Gasteiger partial charge in [0.15, 0.2) is 0 Å². The molecular weight excluding hydrogens is 177 g/mol. The van der Waals surface area contributed by atoms with Crippen molar-refractivity contribution < 1.29 is 4.39 Å². The summed E-state index contributed by atoms with van der Waals surface area (Å²) in [4.78, 5) is 0. The van der Waals surface area contributed by atoms with Crippen LogP contribution in [0.15, 0.2) is 24.3 Å². The molecule has 2 atom stereocenters. The predicted molar refractivity (Wildman–Crippen MR) is 53.4 cm³/mol. The maximum absolute atomic E-state index is 12.7. The van der Waals surface area contributed by atoms with E-state index in [-0.39, 0.29) is 11.4 Å². The Morgan fingerprint density at radius 1 is 1.21 bits per heavy atom. The summed E-state index contributed by atoms with van der Waals surface area (Å²) in [7, 11) is 0. The van der Waals surface area contributed by atoms with Gasteiger partial charge in [-0.25, -0.2) is 4.39 Å². The average molecular weight is 191 g/mol. The first-order valence-corrected chi connectivity index (χ1v) is 5.24. The van der Waals surface area contributed by atoms with Crippen molar-refractivity contribution in [3.8, 4) is 0 Å². The maximum atomic E-state index is 12.7. The molecule has 74 valence electrons. The number of hydrogen-bond acceptors (Lipinski definition) is 1. The van der Waals surface area contributed by atoms with Gasteiger partial charge >= 0.3 is 0 Å². The summed E-state index contributed by atoms with van der Waals surface area (Å²) in [6.07, 6.45) is 3.66. The highest BCUT2D eigenvalue weighted by atomic mass is 19.1. The Bertz CT molecular complexity index is 355. The minimum atomic E-state index is -0.163. The molecule has 0 heterocycles. The largest absolute Gasteiger partial charge is 0.324 e. The summed E-state index contributed by atoms with van der Waals surface area (Å²) in [6, 6.07) is 6.80. The molecule has 0 amide bonds. The highest BCUT2D eigenvalue weighted by molar-refractivity contribution is 5.35. The van der Waals surface area contributed by atoms with Gasteiger partial charge in [0, 0.05) is 11.5 Å². The minimum Gasteiger partial charge on any atom is -0.324 e. The van der Waals surface area contributed by atoms with E-state index >= 15 is 0 Å². The molecule has 2 saturated carbocycles. The summed E-state index contributed by atoms with van der Waals surface area (Å²) in [5.74, 6) is 1.05. The zero-order chi connectivity index (χ0) is 9.76. The van der Waals surface area contributed by atoms with Gasteiger partial charge in [0.1, 0.15) is 5.82 Å². The van der Waals surface area contributed by atoms with Crippen LogP contribution in [-0.2, 0) is 0 Å². The van der Waals surface area contributed by atoms with E-state index in [4.69, 9.17) is 5.73 Å². The standard InChI is InChI=1S/C12H14FN/c13-10-5-1-8(2-6-10)11-7-12(11,14)9-3-4-9/h1-2,5-6,9,11H,3-4,7,14H2. The van der Waals surface area contributed by atoms with E-state index in [1.807, 2.05) is 12.1 Å². The molecule has 3 rings (SSSR count). The van der Waals surface area contributed by atoms with Crippen LogP contribution in [0.4, 0.5) is 4.39 Å². The molecule has 1 aromatic rings. The summed E-state index contributed by atoms with van der Waals surface area (Å²) in [6.45, 7) is 0. The molecule has 0 saturated heterocycles. The van der Waals surface area contributed by atoms with Crippen molar-refractivity contribution in [2.24, 2.45) is 11.7 Å². The predicted octanol–water partition coefficient (Wildman–Crippen LogP) is 2.42. The second kappa shape index (κ2) is 2.57. The fourth-order valence-electron chi connectivity index (χ4n) is 2.49. The van der Waals surface area contributed by atoms with Crippen molar-refractivity contribution in [1.29, 1.82) is 0 Å². The Morgan fingerprint density at radius 2 is 1.86 bits per heavy atom. The third-order valence-corrected chi connectivity index (χ3v) is 3.66. The lowest BCUT2D eigenvalue weighted by Gasteiger charge is -2.09. The molecule has 2 aliphatic rings. The lowest BCUT2D eigenvalue weighted by atomic mass is 10.0. The molecule has 2 unspecified atom stereocenters.